The first-order valence-corrected chi connectivity index (χ1v) is 6.85. The predicted octanol–water partition coefficient (Wildman–Crippen LogP) is 1.92. The molecule has 17 heavy (non-hydrogen) atoms. The Balaban J connectivity index is 1.71. The van der Waals surface area contributed by atoms with Crippen LogP contribution in [0.15, 0.2) is 29.2 Å². The van der Waals surface area contributed by atoms with Gasteiger partial charge < -0.3 is 4.74 Å². The molecule has 1 fully saturated rings. The monoisotopic (exact) mass is 251 g/mol. The number of nitrogens with zero attached hydrogens (tertiary/aromatic N) is 1. The maximum absolute atomic E-state index is 10.5. The van der Waals surface area contributed by atoms with Gasteiger partial charge in [0.15, 0.2) is 0 Å². The second-order valence-electron chi connectivity index (χ2n) is 3.99. The van der Waals surface area contributed by atoms with Crippen LogP contribution in [-0.4, -0.2) is 49.8 Å². The van der Waals surface area contributed by atoms with Crippen molar-refractivity contribution >= 4 is 18.0 Å². The lowest BCUT2D eigenvalue weighted by Gasteiger charge is -2.26. The summed E-state index contributed by atoms with van der Waals surface area (Å²) >= 11 is 1.83. The fourth-order valence-electron chi connectivity index (χ4n) is 1.76. The van der Waals surface area contributed by atoms with Crippen molar-refractivity contribution in [2.24, 2.45) is 0 Å². The van der Waals surface area contributed by atoms with Crippen LogP contribution in [0, 0.1) is 0 Å². The summed E-state index contributed by atoms with van der Waals surface area (Å²) < 4.78 is 5.31. The van der Waals surface area contributed by atoms with E-state index in [1.54, 1.807) is 0 Å². The van der Waals surface area contributed by atoms with E-state index in [1.807, 2.05) is 36.0 Å². The quantitative estimate of drug-likeness (QED) is 0.591. The summed E-state index contributed by atoms with van der Waals surface area (Å²) in [5.41, 5.74) is 0.738. The lowest BCUT2D eigenvalue weighted by Crippen LogP contribution is -2.37. The highest BCUT2D eigenvalue weighted by molar-refractivity contribution is 7.99. The van der Waals surface area contributed by atoms with E-state index in [0.717, 1.165) is 50.5 Å². The molecule has 4 heteroatoms. The zero-order valence-electron chi connectivity index (χ0n) is 9.80. The summed E-state index contributed by atoms with van der Waals surface area (Å²) in [5.74, 6) is 1.08. The molecule has 1 aliphatic heterocycles. The Labute approximate surface area is 106 Å². The third kappa shape index (κ3) is 4.15. The highest BCUT2D eigenvalue weighted by atomic mass is 32.2. The topological polar surface area (TPSA) is 29.5 Å². The second-order valence-corrected chi connectivity index (χ2v) is 5.16. The Hall–Kier alpha value is -0.840. The van der Waals surface area contributed by atoms with Gasteiger partial charge in [-0.25, -0.2) is 0 Å². The van der Waals surface area contributed by atoms with Crippen molar-refractivity contribution in [1.29, 1.82) is 0 Å². The Kier molecular flexibility index (Phi) is 5.04. The first-order chi connectivity index (χ1) is 8.38. The van der Waals surface area contributed by atoms with Gasteiger partial charge in [-0.15, -0.1) is 11.8 Å². The molecule has 1 aliphatic rings. The highest BCUT2D eigenvalue weighted by Crippen LogP contribution is 2.18. The van der Waals surface area contributed by atoms with Crippen molar-refractivity contribution in [3.63, 3.8) is 0 Å². The molecule has 3 nitrogen and oxygen atoms in total. The molecule has 0 unspecified atom stereocenters. The fourth-order valence-corrected chi connectivity index (χ4v) is 2.67. The fraction of sp³-hybridized carbons (Fsp3) is 0.462. The minimum atomic E-state index is 0.738. The summed E-state index contributed by atoms with van der Waals surface area (Å²) in [4.78, 5) is 14.2. The van der Waals surface area contributed by atoms with Gasteiger partial charge in [-0.3, -0.25) is 9.69 Å². The lowest BCUT2D eigenvalue weighted by molar-refractivity contribution is 0.0410. The van der Waals surface area contributed by atoms with Gasteiger partial charge in [-0.05, 0) is 12.1 Å². The summed E-state index contributed by atoms with van der Waals surface area (Å²) in [6.07, 6.45) is 0.877. The molecule has 1 aromatic carbocycles. The third-order valence-electron chi connectivity index (χ3n) is 2.80. The molecule has 92 valence electrons. The molecule has 0 N–H and O–H groups in total. The Morgan fingerprint density at radius 1 is 1.24 bits per heavy atom. The average molecular weight is 251 g/mol. The lowest BCUT2D eigenvalue weighted by atomic mass is 10.2. The van der Waals surface area contributed by atoms with E-state index in [4.69, 9.17) is 4.74 Å². The molecule has 0 radical (unpaired) electrons. The number of aldehydes is 1. The first kappa shape index (κ1) is 12.6. The van der Waals surface area contributed by atoms with Gasteiger partial charge in [0.25, 0.3) is 0 Å². The van der Waals surface area contributed by atoms with Crippen LogP contribution in [0.1, 0.15) is 10.4 Å². The van der Waals surface area contributed by atoms with Crippen molar-refractivity contribution in [3.8, 4) is 0 Å². The summed E-state index contributed by atoms with van der Waals surface area (Å²) in [5, 5.41) is 0. The number of rotatable bonds is 5. The average Bonchev–Trinajstić information content (AvgIpc) is 2.41. The molecule has 1 aromatic rings. The number of carbonyl (C=O) groups is 1. The maximum Gasteiger partial charge on any atom is 0.150 e. The van der Waals surface area contributed by atoms with E-state index in [0.29, 0.717) is 0 Å². The number of morpholine rings is 1. The maximum atomic E-state index is 10.5. The largest absolute Gasteiger partial charge is 0.379 e. The van der Waals surface area contributed by atoms with Crippen LogP contribution in [0.2, 0.25) is 0 Å². The Morgan fingerprint density at radius 2 is 1.94 bits per heavy atom. The molecule has 0 spiro atoms. The van der Waals surface area contributed by atoms with Crippen LogP contribution in [0.4, 0.5) is 0 Å². The minimum Gasteiger partial charge on any atom is -0.379 e. The SMILES string of the molecule is O=Cc1ccc(SCCN2CCOCC2)cc1. The van der Waals surface area contributed by atoms with Gasteiger partial charge in [0, 0.05) is 35.8 Å². The number of ether oxygens (including phenoxy) is 1. The van der Waals surface area contributed by atoms with E-state index >= 15 is 0 Å². The minimum absolute atomic E-state index is 0.738. The van der Waals surface area contributed by atoms with Crippen molar-refractivity contribution in [3.05, 3.63) is 29.8 Å². The molecule has 0 aliphatic carbocycles. The number of benzene rings is 1. The number of hydrogen-bond donors (Lipinski definition) is 0. The standard InChI is InChI=1S/C13H17NO2S/c15-11-12-1-3-13(4-2-12)17-10-7-14-5-8-16-9-6-14/h1-4,11H,5-10H2. The number of thioether (sulfide) groups is 1. The van der Waals surface area contributed by atoms with Gasteiger partial charge in [0.1, 0.15) is 6.29 Å². The third-order valence-corrected chi connectivity index (χ3v) is 3.79. The van der Waals surface area contributed by atoms with E-state index in [-0.39, 0.29) is 0 Å². The van der Waals surface area contributed by atoms with E-state index < -0.39 is 0 Å². The smallest absolute Gasteiger partial charge is 0.150 e. The molecule has 1 heterocycles. The van der Waals surface area contributed by atoms with E-state index in [9.17, 15) is 4.79 Å². The van der Waals surface area contributed by atoms with Gasteiger partial charge in [0.2, 0.25) is 0 Å². The van der Waals surface area contributed by atoms with E-state index in [1.165, 1.54) is 4.90 Å². The van der Waals surface area contributed by atoms with Crippen LogP contribution in [-0.2, 0) is 4.74 Å². The zero-order valence-corrected chi connectivity index (χ0v) is 10.6. The molecular weight excluding hydrogens is 234 g/mol. The van der Waals surface area contributed by atoms with Crippen molar-refractivity contribution in [1.82, 2.24) is 4.90 Å². The normalized spacial score (nSPS) is 16.9. The summed E-state index contributed by atoms with van der Waals surface area (Å²) in [7, 11) is 0. The van der Waals surface area contributed by atoms with Crippen LogP contribution in [0.5, 0.6) is 0 Å². The number of carbonyl (C=O) groups excluding carboxylic acids is 1. The molecule has 2 rings (SSSR count). The Bertz CT molecular complexity index is 347. The zero-order chi connectivity index (χ0) is 11.9. The van der Waals surface area contributed by atoms with Crippen LogP contribution in [0.25, 0.3) is 0 Å². The summed E-state index contributed by atoms with van der Waals surface area (Å²) in [6, 6.07) is 7.75. The second kappa shape index (κ2) is 6.79. The van der Waals surface area contributed by atoms with Crippen molar-refractivity contribution in [2.45, 2.75) is 4.90 Å². The molecule has 0 amide bonds. The highest BCUT2D eigenvalue weighted by Gasteiger charge is 2.09. The van der Waals surface area contributed by atoms with E-state index in [2.05, 4.69) is 4.90 Å². The van der Waals surface area contributed by atoms with Crippen molar-refractivity contribution in [2.75, 3.05) is 38.6 Å². The van der Waals surface area contributed by atoms with Gasteiger partial charge in [-0.2, -0.15) is 0 Å². The molecule has 0 bridgehead atoms. The summed E-state index contributed by atoms with van der Waals surface area (Å²) in [6.45, 7) is 4.91. The number of hydrogen-bond acceptors (Lipinski definition) is 4. The molecule has 0 atom stereocenters. The molecule has 0 saturated carbocycles. The molecule has 1 saturated heterocycles. The van der Waals surface area contributed by atoms with Gasteiger partial charge in [-0.1, -0.05) is 12.1 Å². The molecule has 0 aromatic heterocycles. The van der Waals surface area contributed by atoms with Gasteiger partial charge in [0.05, 0.1) is 13.2 Å². The van der Waals surface area contributed by atoms with Crippen LogP contribution in [0.3, 0.4) is 0 Å². The van der Waals surface area contributed by atoms with Gasteiger partial charge >= 0.3 is 0 Å². The molecular formula is C13H17NO2S. The van der Waals surface area contributed by atoms with Crippen LogP contribution >= 0.6 is 11.8 Å². The van der Waals surface area contributed by atoms with Crippen molar-refractivity contribution < 1.29 is 9.53 Å². The predicted molar refractivity (Wildman–Crippen MR) is 69.8 cm³/mol. The van der Waals surface area contributed by atoms with Crippen LogP contribution < -0.4 is 0 Å². The Morgan fingerprint density at radius 3 is 2.59 bits per heavy atom. The first-order valence-electron chi connectivity index (χ1n) is 5.86.